The Morgan fingerprint density at radius 1 is 1.28 bits per heavy atom. The van der Waals surface area contributed by atoms with Crippen LogP contribution in [0.15, 0.2) is 12.1 Å². The quantitative estimate of drug-likeness (QED) is 0.543. The molecule has 1 aromatic rings. The van der Waals surface area contributed by atoms with Crippen molar-refractivity contribution in [3.05, 3.63) is 17.7 Å². The molecule has 0 fully saturated rings. The number of carbonyl (C=O) groups excluding carboxylic acids is 2. The summed E-state index contributed by atoms with van der Waals surface area (Å²) in [4.78, 5) is 23.8. The zero-order valence-electron chi connectivity index (χ0n) is 10.1. The molecular formula is C12H14N4O2. The molecule has 2 atom stereocenters. The van der Waals surface area contributed by atoms with Crippen LogP contribution in [0.3, 0.4) is 0 Å². The van der Waals surface area contributed by atoms with Gasteiger partial charge in [-0.05, 0) is 26.0 Å². The summed E-state index contributed by atoms with van der Waals surface area (Å²) in [6.07, 6.45) is -0.346. The summed E-state index contributed by atoms with van der Waals surface area (Å²) in [7, 11) is 0. The van der Waals surface area contributed by atoms with Gasteiger partial charge in [-0.2, -0.15) is 0 Å². The maximum absolute atomic E-state index is 12.0. The molecule has 0 saturated heterocycles. The molecule has 2 aliphatic heterocycles. The SMILES string of the molecule is CC(=O)C1(C)C(=O)Nc2cc3c(cc21)NC(N)N3. The van der Waals surface area contributed by atoms with Gasteiger partial charge in [0.15, 0.2) is 6.29 Å². The van der Waals surface area contributed by atoms with Gasteiger partial charge < -0.3 is 16.0 Å². The van der Waals surface area contributed by atoms with Gasteiger partial charge in [0.25, 0.3) is 0 Å². The standard InChI is InChI=1S/C12H14N4O2/c1-5(17)12(2)6-3-8-9(16-11(13)15-8)4-7(6)14-10(12)18/h3-4,11,15-16H,13H2,1-2H3,(H,14,18). The minimum Gasteiger partial charge on any atom is -0.352 e. The van der Waals surface area contributed by atoms with E-state index < -0.39 is 5.41 Å². The predicted molar refractivity (Wildman–Crippen MR) is 68.3 cm³/mol. The third kappa shape index (κ3) is 1.20. The van der Waals surface area contributed by atoms with E-state index in [1.165, 1.54) is 6.92 Å². The number of Topliss-reactive ketones (excluding diaryl/α,β-unsaturated/α-hetero) is 1. The van der Waals surface area contributed by atoms with E-state index >= 15 is 0 Å². The van der Waals surface area contributed by atoms with Crippen molar-refractivity contribution in [3.63, 3.8) is 0 Å². The van der Waals surface area contributed by atoms with Gasteiger partial charge in [0, 0.05) is 11.3 Å². The number of amides is 1. The van der Waals surface area contributed by atoms with E-state index in [2.05, 4.69) is 16.0 Å². The van der Waals surface area contributed by atoms with E-state index in [-0.39, 0.29) is 18.0 Å². The maximum atomic E-state index is 12.0. The lowest BCUT2D eigenvalue weighted by molar-refractivity contribution is -0.130. The molecule has 2 unspecified atom stereocenters. The Labute approximate surface area is 104 Å². The Hall–Kier alpha value is -2.08. The van der Waals surface area contributed by atoms with Gasteiger partial charge in [0.05, 0.1) is 11.4 Å². The number of hydrogen-bond acceptors (Lipinski definition) is 5. The highest BCUT2D eigenvalue weighted by molar-refractivity contribution is 6.21. The molecule has 2 heterocycles. The van der Waals surface area contributed by atoms with Crippen LogP contribution in [-0.2, 0) is 15.0 Å². The van der Waals surface area contributed by atoms with Crippen LogP contribution in [0.25, 0.3) is 0 Å². The van der Waals surface area contributed by atoms with Crippen molar-refractivity contribution < 1.29 is 9.59 Å². The van der Waals surface area contributed by atoms with E-state index in [9.17, 15) is 9.59 Å². The lowest BCUT2D eigenvalue weighted by Crippen LogP contribution is -2.38. The Morgan fingerprint density at radius 2 is 1.89 bits per heavy atom. The van der Waals surface area contributed by atoms with Gasteiger partial charge in [-0.1, -0.05) is 0 Å². The Morgan fingerprint density at radius 3 is 2.50 bits per heavy atom. The number of fused-ring (bicyclic) bond motifs is 2. The van der Waals surface area contributed by atoms with Gasteiger partial charge >= 0.3 is 0 Å². The molecule has 0 spiro atoms. The molecule has 18 heavy (non-hydrogen) atoms. The average molecular weight is 246 g/mol. The molecule has 6 nitrogen and oxygen atoms in total. The van der Waals surface area contributed by atoms with E-state index in [0.717, 1.165) is 11.4 Å². The summed E-state index contributed by atoms with van der Waals surface area (Å²) in [5, 5.41) is 8.81. The highest BCUT2D eigenvalue weighted by Gasteiger charge is 2.47. The van der Waals surface area contributed by atoms with Crippen molar-refractivity contribution >= 4 is 28.8 Å². The van der Waals surface area contributed by atoms with Crippen LogP contribution in [0.5, 0.6) is 0 Å². The normalized spacial score (nSPS) is 27.9. The number of nitrogens with one attached hydrogen (secondary N) is 3. The molecule has 2 aliphatic rings. The molecule has 0 bridgehead atoms. The fourth-order valence-electron chi connectivity index (χ4n) is 2.45. The molecule has 6 heteroatoms. The first kappa shape index (κ1) is 11.0. The highest BCUT2D eigenvalue weighted by Crippen LogP contribution is 2.44. The first-order valence-corrected chi connectivity index (χ1v) is 5.72. The van der Waals surface area contributed by atoms with Crippen molar-refractivity contribution in [2.24, 2.45) is 5.73 Å². The predicted octanol–water partition coefficient (Wildman–Crippen LogP) is 0.565. The summed E-state index contributed by atoms with van der Waals surface area (Å²) < 4.78 is 0. The molecule has 3 rings (SSSR count). The highest BCUT2D eigenvalue weighted by atomic mass is 16.2. The summed E-state index contributed by atoms with van der Waals surface area (Å²) in [6.45, 7) is 3.07. The van der Waals surface area contributed by atoms with Crippen LogP contribution in [0, 0.1) is 0 Å². The molecule has 94 valence electrons. The number of rotatable bonds is 1. The zero-order valence-corrected chi connectivity index (χ0v) is 10.1. The number of ketones is 1. The van der Waals surface area contributed by atoms with Crippen molar-refractivity contribution in [2.45, 2.75) is 25.6 Å². The molecule has 0 aliphatic carbocycles. The number of nitrogens with two attached hydrogens (primary N) is 1. The largest absolute Gasteiger partial charge is 0.352 e. The molecule has 0 aromatic heterocycles. The average Bonchev–Trinajstić information content (AvgIpc) is 2.75. The molecule has 5 N–H and O–H groups in total. The van der Waals surface area contributed by atoms with Gasteiger partial charge in [-0.25, -0.2) is 0 Å². The second kappa shape index (κ2) is 3.23. The minimum absolute atomic E-state index is 0.172. The van der Waals surface area contributed by atoms with E-state index in [1.807, 2.05) is 6.07 Å². The molecule has 1 amide bonds. The maximum Gasteiger partial charge on any atom is 0.242 e. The van der Waals surface area contributed by atoms with Crippen LogP contribution < -0.4 is 21.7 Å². The monoisotopic (exact) mass is 246 g/mol. The third-order valence-electron chi connectivity index (χ3n) is 3.72. The second-order valence-corrected chi connectivity index (χ2v) is 4.85. The van der Waals surface area contributed by atoms with Crippen molar-refractivity contribution in [1.29, 1.82) is 0 Å². The van der Waals surface area contributed by atoms with Crippen molar-refractivity contribution in [3.8, 4) is 0 Å². The first-order valence-electron chi connectivity index (χ1n) is 5.72. The van der Waals surface area contributed by atoms with Crippen LogP contribution >= 0.6 is 0 Å². The fourth-order valence-corrected chi connectivity index (χ4v) is 2.45. The molecule has 1 aromatic carbocycles. The smallest absolute Gasteiger partial charge is 0.242 e. The minimum atomic E-state index is -1.11. The van der Waals surface area contributed by atoms with Gasteiger partial charge in [0.1, 0.15) is 11.2 Å². The second-order valence-electron chi connectivity index (χ2n) is 4.85. The van der Waals surface area contributed by atoms with E-state index in [1.54, 1.807) is 13.0 Å². The van der Waals surface area contributed by atoms with E-state index in [0.29, 0.717) is 11.3 Å². The third-order valence-corrected chi connectivity index (χ3v) is 3.72. The summed E-state index contributed by atoms with van der Waals surface area (Å²) in [5.41, 5.74) is 7.61. The van der Waals surface area contributed by atoms with Gasteiger partial charge in [-0.3, -0.25) is 15.3 Å². The number of hydrogen-bond donors (Lipinski definition) is 4. The number of anilines is 3. The molecule has 0 saturated carbocycles. The Balaban J connectivity index is 2.18. The van der Waals surface area contributed by atoms with Crippen molar-refractivity contribution in [1.82, 2.24) is 0 Å². The van der Waals surface area contributed by atoms with Crippen molar-refractivity contribution in [2.75, 3.05) is 16.0 Å². The van der Waals surface area contributed by atoms with Crippen LogP contribution in [0.4, 0.5) is 17.1 Å². The van der Waals surface area contributed by atoms with Gasteiger partial charge in [0.2, 0.25) is 5.91 Å². The van der Waals surface area contributed by atoms with Crippen LogP contribution in [-0.4, -0.2) is 18.0 Å². The van der Waals surface area contributed by atoms with Crippen LogP contribution in [0.2, 0.25) is 0 Å². The summed E-state index contributed by atoms with van der Waals surface area (Å²) >= 11 is 0. The first-order chi connectivity index (χ1) is 8.42. The molecule has 0 radical (unpaired) electrons. The fraction of sp³-hybridized carbons (Fsp3) is 0.333. The number of carbonyl (C=O) groups is 2. The van der Waals surface area contributed by atoms with Crippen LogP contribution in [0.1, 0.15) is 19.4 Å². The lowest BCUT2D eigenvalue weighted by atomic mass is 9.80. The number of benzene rings is 1. The zero-order chi connectivity index (χ0) is 13.1. The summed E-state index contributed by atoms with van der Waals surface area (Å²) in [5.74, 6) is -0.452. The Bertz CT molecular complexity index is 584. The Kier molecular flexibility index (Phi) is 1.98. The van der Waals surface area contributed by atoms with E-state index in [4.69, 9.17) is 5.73 Å². The molecular weight excluding hydrogens is 232 g/mol. The topological polar surface area (TPSA) is 96.2 Å². The lowest BCUT2D eigenvalue weighted by Gasteiger charge is -2.18. The van der Waals surface area contributed by atoms with Gasteiger partial charge in [-0.15, -0.1) is 0 Å². The summed E-state index contributed by atoms with van der Waals surface area (Å²) in [6, 6.07) is 3.61.